The van der Waals surface area contributed by atoms with Gasteiger partial charge in [0.1, 0.15) is 27.9 Å². The summed E-state index contributed by atoms with van der Waals surface area (Å²) in [5.74, 6) is 1.39. The monoisotopic (exact) mass is 575 g/mol. The zero-order chi connectivity index (χ0) is 22.8. The van der Waals surface area contributed by atoms with Gasteiger partial charge in [-0.15, -0.1) is 28.1 Å². The van der Waals surface area contributed by atoms with Crippen LogP contribution < -0.4 is 14.8 Å². The van der Waals surface area contributed by atoms with Crippen LogP contribution in [0.1, 0.15) is 36.5 Å². The third-order valence-electron chi connectivity index (χ3n) is 5.22. The molecule has 2 aromatic heterocycles. The number of aromatic nitrogens is 4. The van der Waals surface area contributed by atoms with E-state index in [4.69, 9.17) is 0 Å². The number of thiazole rings is 1. The van der Waals surface area contributed by atoms with Crippen LogP contribution >= 0.6 is 43.2 Å². The van der Waals surface area contributed by atoms with Crippen molar-refractivity contribution in [2.45, 2.75) is 38.8 Å². The Bertz CT molecular complexity index is 1430. The van der Waals surface area contributed by atoms with Gasteiger partial charge in [-0.3, -0.25) is 9.36 Å². The Morgan fingerprint density at radius 3 is 2.88 bits per heavy atom. The van der Waals surface area contributed by atoms with Crippen molar-refractivity contribution in [3.05, 3.63) is 70.5 Å². The summed E-state index contributed by atoms with van der Waals surface area (Å²) in [6, 6.07) is 5.71. The molecule has 0 amide bonds. The molecule has 32 heavy (non-hydrogen) atoms. The Hall–Kier alpha value is -2.48. The highest BCUT2D eigenvalue weighted by Gasteiger charge is 2.20. The first-order valence-electron chi connectivity index (χ1n) is 10.0. The van der Waals surface area contributed by atoms with Crippen LogP contribution in [0.5, 0.6) is 5.75 Å². The fourth-order valence-corrected chi connectivity index (χ4v) is 6.06. The van der Waals surface area contributed by atoms with Gasteiger partial charge in [-0.2, -0.15) is 5.26 Å². The van der Waals surface area contributed by atoms with E-state index in [1.54, 1.807) is 24.3 Å². The summed E-state index contributed by atoms with van der Waals surface area (Å²) in [5, 5.41) is 29.1. The largest absolute Gasteiger partial charge is 0.506 e. The first-order chi connectivity index (χ1) is 15.4. The van der Waals surface area contributed by atoms with E-state index in [0.29, 0.717) is 30.6 Å². The summed E-state index contributed by atoms with van der Waals surface area (Å²) in [6.45, 7) is 4.75. The molecule has 0 saturated carbocycles. The maximum Gasteiger partial charge on any atom is 0.269 e. The third-order valence-corrected chi connectivity index (χ3v) is 7.41. The second-order valence-electron chi connectivity index (χ2n) is 7.33. The van der Waals surface area contributed by atoms with Gasteiger partial charge in [0.15, 0.2) is 5.82 Å². The molecular weight excluding hydrogens is 558 g/mol. The molecule has 1 aliphatic rings. The Kier molecular flexibility index (Phi) is 6.79. The van der Waals surface area contributed by atoms with Crippen molar-refractivity contribution in [1.29, 1.82) is 5.26 Å². The van der Waals surface area contributed by atoms with Gasteiger partial charge in [-0.1, -0.05) is 28.4 Å². The number of allylic oxidation sites excluding steroid dienone is 1. The average molecular weight is 577 g/mol. The smallest absolute Gasteiger partial charge is 0.269 e. The molecule has 164 valence electrons. The first kappa shape index (κ1) is 22.7. The molecule has 3 heterocycles. The lowest BCUT2D eigenvalue weighted by Gasteiger charge is -2.06. The molecule has 1 aliphatic heterocycles. The standard InChI is InChI=1S/C22H19Br2N5O2S/c1-2-7-29-21(31)17(10-13-9-14(23)11-16(24)19(13)30)32-22(29)15(12-25)20-27-26-18-6-4-3-5-8-28(18)20/h2,9-11,30H,1,3-8H2/b17-10-,22-15+. The minimum absolute atomic E-state index is 0.0325. The molecule has 0 spiro atoms. The van der Waals surface area contributed by atoms with Gasteiger partial charge < -0.3 is 9.67 Å². The molecule has 0 bridgehead atoms. The topological polar surface area (TPSA) is 96.7 Å². The number of nitrogens with zero attached hydrogens (tertiary/aromatic N) is 5. The number of phenols is 1. The number of aryl methyl sites for hydroxylation is 1. The van der Waals surface area contributed by atoms with Crippen LogP contribution in [0.2, 0.25) is 0 Å². The molecule has 1 aromatic carbocycles. The Balaban J connectivity index is 2.01. The van der Waals surface area contributed by atoms with Crippen LogP contribution in [0.15, 0.2) is 38.5 Å². The lowest BCUT2D eigenvalue weighted by molar-refractivity contribution is 0.470. The van der Waals surface area contributed by atoms with Crippen molar-refractivity contribution < 1.29 is 5.11 Å². The first-order valence-corrected chi connectivity index (χ1v) is 12.4. The molecule has 0 fully saturated rings. The van der Waals surface area contributed by atoms with Gasteiger partial charge in [0.25, 0.3) is 5.56 Å². The molecule has 0 saturated heterocycles. The van der Waals surface area contributed by atoms with Crippen molar-refractivity contribution in [3.63, 3.8) is 0 Å². The quantitative estimate of drug-likeness (QED) is 0.481. The van der Waals surface area contributed by atoms with Gasteiger partial charge >= 0.3 is 0 Å². The predicted octanol–water partition coefficient (Wildman–Crippen LogP) is 3.20. The van der Waals surface area contributed by atoms with E-state index in [2.05, 4.69) is 54.7 Å². The van der Waals surface area contributed by atoms with Crippen molar-refractivity contribution in [2.24, 2.45) is 0 Å². The van der Waals surface area contributed by atoms with Gasteiger partial charge in [-0.25, -0.2) is 0 Å². The molecule has 0 aliphatic carbocycles. The third kappa shape index (κ3) is 4.25. The van der Waals surface area contributed by atoms with E-state index < -0.39 is 0 Å². The molecule has 0 radical (unpaired) electrons. The highest BCUT2D eigenvalue weighted by atomic mass is 79.9. The zero-order valence-corrected chi connectivity index (χ0v) is 21.0. The van der Waals surface area contributed by atoms with Crippen LogP contribution in [0.25, 0.3) is 11.6 Å². The number of phenolic OH excluding ortho intramolecular Hbond substituents is 1. The minimum Gasteiger partial charge on any atom is -0.506 e. The molecule has 0 unspecified atom stereocenters. The van der Waals surface area contributed by atoms with Gasteiger partial charge in [0.2, 0.25) is 0 Å². The fraction of sp³-hybridized carbons (Fsp3) is 0.273. The molecule has 1 N–H and O–H groups in total. The number of halogens is 2. The predicted molar refractivity (Wildman–Crippen MR) is 131 cm³/mol. The summed E-state index contributed by atoms with van der Waals surface area (Å²) < 4.78 is 5.67. The normalized spacial score (nSPS) is 15.1. The molecule has 10 heteroatoms. The van der Waals surface area contributed by atoms with Crippen LogP contribution in [0.3, 0.4) is 0 Å². The summed E-state index contributed by atoms with van der Waals surface area (Å²) in [6.07, 6.45) is 7.22. The lowest BCUT2D eigenvalue weighted by Crippen LogP contribution is -2.32. The lowest BCUT2D eigenvalue weighted by atomic mass is 10.2. The van der Waals surface area contributed by atoms with Crippen molar-refractivity contribution >= 4 is 54.8 Å². The maximum atomic E-state index is 13.2. The number of rotatable bonds is 4. The van der Waals surface area contributed by atoms with Crippen LogP contribution in [0, 0.1) is 11.3 Å². The number of hydrogen-bond donors (Lipinski definition) is 1. The van der Waals surface area contributed by atoms with Crippen LogP contribution in [-0.4, -0.2) is 24.4 Å². The number of fused-ring (bicyclic) bond motifs is 1. The summed E-state index contributed by atoms with van der Waals surface area (Å²) >= 11 is 7.92. The van der Waals surface area contributed by atoms with E-state index in [1.165, 1.54) is 15.9 Å². The SMILES string of the molecule is C=CCn1c(=O)/c(=C/c2cc(Br)cc(Br)c2O)s/c1=C(\C#N)c1nnc2n1CCCCC2. The average Bonchev–Trinajstić information content (AvgIpc) is 3.18. The molecule has 4 rings (SSSR count). The summed E-state index contributed by atoms with van der Waals surface area (Å²) in [7, 11) is 0. The highest BCUT2D eigenvalue weighted by Crippen LogP contribution is 2.32. The molecule has 7 nitrogen and oxygen atoms in total. The number of benzene rings is 1. The van der Waals surface area contributed by atoms with Gasteiger partial charge in [0, 0.05) is 29.5 Å². The van der Waals surface area contributed by atoms with E-state index in [9.17, 15) is 15.2 Å². The van der Waals surface area contributed by atoms with Gasteiger partial charge in [0.05, 0.1) is 9.01 Å². The van der Waals surface area contributed by atoms with Crippen molar-refractivity contribution in [2.75, 3.05) is 0 Å². The molecule has 3 aromatic rings. The van der Waals surface area contributed by atoms with Crippen LogP contribution in [-0.2, 0) is 19.5 Å². The van der Waals surface area contributed by atoms with Crippen LogP contribution in [0.4, 0.5) is 0 Å². The zero-order valence-electron chi connectivity index (χ0n) is 17.0. The summed E-state index contributed by atoms with van der Waals surface area (Å²) in [5.41, 5.74) is 0.536. The maximum absolute atomic E-state index is 13.2. The van der Waals surface area contributed by atoms with Gasteiger partial charge in [-0.05, 0) is 47.0 Å². The highest BCUT2D eigenvalue weighted by molar-refractivity contribution is 9.11. The number of aromatic hydroxyl groups is 1. The van der Waals surface area contributed by atoms with Crippen molar-refractivity contribution in [1.82, 2.24) is 19.3 Å². The molecule has 0 atom stereocenters. The molecular formula is C22H19Br2N5O2S. The number of hydrogen-bond acceptors (Lipinski definition) is 6. The Morgan fingerprint density at radius 2 is 2.12 bits per heavy atom. The van der Waals surface area contributed by atoms with Crippen molar-refractivity contribution in [3.8, 4) is 11.8 Å². The second kappa shape index (κ2) is 9.57. The summed E-state index contributed by atoms with van der Waals surface area (Å²) in [4.78, 5) is 13.2. The Morgan fingerprint density at radius 1 is 1.31 bits per heavy atom. The van der Waals surface area contributed by atoms with E-state index in [1.807, 2.05) is 4.57 Å². The van der Waals surface area contributed by atoms with E-state index in [0.717, 1.165) is 42.5 Å². The van der Waals surface area contributed by atoms with E-state index in [-0.39, 0.29) is 17.9 Å². The minimum atomic E-state index is -0.260. The fourth-order valence-electron chi connectivity index (χ4n) is 3.70. The van der Waals surface area contributed by atoms with E-state index >= 15 is 0 Å². The number of nitriles is 1. The Labute approximate surface area is 204 Å². The second-order valence-corrected chi connectivity index (χ2v) is 10.1.